The van der Waals surface area contributed by atoms with E-state index in [9.17, 15) is 0 Å². The van der Waals surface area contributed by atoms with Gasteiger partial charge in [-0.3, -0.25) is 0 Å². The first kappa shape index (κ1) is 8.37. The molecule has 1 rings (SSSR count). The van der Waals surface area contributed by atoms with Crippen LogP contribution in [0.25, 0.3) is 0 Å². The lowest BCUT2D eigenvalue weighted by Crippen LogP contribution is -2.37. The van der Waals surface area contributed by atoms with E-state index in [1.165, 1.54) is 12.8 Å². The maximum absolute atomic E-state index is 8.77. The fourth-order valence-corrected chi connectivity index (χ4v) is 2.34. The van der Waals surface area contributed by atoms with Crippen molar-refractivity contribution < 1.29 is 5.11 Å². The zero-order chi connectivity index (χ0) is 7.56. The second kappa shape index (κ2) is 3.60. The summed E-state index contributed by atoms with van der Waals surface area (Å²) in [5.41, 5.74) is 5.70. The van der Waals surface area contributed by atoms with Gasteiger partial charge in [-0.25, -0.2) is 0 Å². The molecule has 2 unspecified atom stereocenters. The van der Waals surface area contributed by atoms with Crippen LogP contribution < -0.4 is 5.73 Å². The van der Waals surface area contributed by atoms with Gasteiger partial charge in [-0.05, 0) is 25.0 Å². The lowest BCUT2D eigenvalue weighted by Gasteiger charge is -2.18. The predicted octanol–water partition coefficient (Wildman–Crippen LogP) is 0.448. The number of aliphatic hydroxyl groups excluding tert-OH is 1. The molecule has 0 radical (unpaired) electrons. The molecule has 0 aromatic rings. The summed E-state index contributed by atoms with van der Waals surface area (Å²) in [5.74, 6) is 0.789. The molecule has 0 amide bonds. The molecule has 3 N–H and O–H groups in total. The van der Waals surface area contributed by atoms with Crippen LogP contribution in [0.15, 0.2) is 0 Å². The van der Waals surface area contributed by atoms with Crippen molar-refractivity contribution in [1.82, 2.24) is 0 Å². The molecule has 0 heterocycles. The Bertz CT molecular complexity index is 106. The SMILES string of the molecule is CSC(C(N)CO)C1CC1. The minimum Gasteiger partial charge on any atom is -0.395 e. The molecule has 1 fully saturated rings. The maximum atomic E-state index is 8.77. The van der Waals surface area contributed by atoms with Gasteiger partial charge in [0, 0.05) is 11.3 Å². The highest BCUT2D eigenvalue weighted by molar-refractivity contribution is 7.99. The summed E-state index contributed by atoms with van der Waals surface area (Å²) in [4.78, 5) is 0. The van der Waals surface area contributed by atoms with Crippen LogP contribution in [-0.4, -0.2) is 29.3 Å². The van der Waals surface area contributed by atoms with Gasteiger partial charge in [0.1, 0.15) is 0 Å². The zero-order valence-electron chi connectivity index (χ0n) is 6.29. The summed E-state index contributed by atoms with van der Waals surface area (Å²) in [7, 11) is 0. The Kier molecular flexibility index (Phi) is 3.01. The Hall–Kier alpha value is 0.270. The van der Waals surface area contributed by atoms with E-state index in [4.69, 9.17) is 10.8 Å². The number of aliphatic hydroxyl groups is 1. The molecular formula is C7H15NOS. The van der Waals surface area contributed by atoms with E-state index in [1.807, 2.05) is 0 Å². The molecule has 1 saturated carbocycles. The highest BCUT2D eigenvalue weighted by Crippen LogP contribution is 2.39. The van der Waals surface area contributed by atoms with E-state index in [2.05, 4.69) is 6.26 Å². The van der Waals surface area contributed by atoms with Gasteiger partial charge in [-0.15, -0.1) is 0 Å². The maximum Gasteiger partial charge on any atom is 0.0593 e. The number of nitrogens with two attached hydrogens (primary N) is 1. The predicted molar refractivity (Wildman–Crippen MR) is 45.1 cm³/mol. The number of rotatable bonds is 4. The van der Waals surface area contributed by atoms with E-state index < -0.39 is 0 Å². The Morgan fingerprint density at radius 1 is 1.70 bits per heavy atom. The van der Waals surface area contributed by atoms with Crippen molar-refractivity contribution in [3.8, 4) is 0 Å². The largest absolute Gasteiger partial charge is 0.395 e. The van der Waals surface area contributed by atoms with Crippen LogP contribution in [0.3, 0.4) is 0 Å². The molecule has 1 aliphatic rings. The van der Waals surface area contributed by atoms with Crippen molar-refractivity contribution in [2.24, 2.45) is 11.7 Å². The van der Waals surface area contributed by atoms with Gasteiger partial charge in [0.05, 0.1) is 6.61 Å². The smallest absolute Gasteiger partial charge is 0.0593 e. The topological polar surface area (TPSA) is 46.2 Å². The number of hydrogen-bond donors (Lipinski definition) is 2. The minimum atomic E-state index is -0.0116. The van der Waals surface area contributed by atoms with Crippen molar-refractivity contribution in [1.29, 1.82) is 0 Å². The van der Waals surface area contributed by atoms with Crippen LogP contribution in [0.2, 0.25) is 0 Å². The third kappa shape index (κ3) is 1.87. The molecular weight excluding hydrogens is 146 g/mol. The molecule has 0 aromatic carbocycles. The van der Waals surface area contributed by atoms with Crippen LogP contribution in [0, 0.1) is 5.92 Å². The lowest BCUT2D eigenvalue weighted by atomic mass is 10.1. The quantitative estimate of drug-likeness (QED) is 0.629. The molecule has 0 aromatic heterocycles. The van der Waals surface area contributed by atoms with Crippen LogP contribution in [0.4, 0.5) is 0 Å². The first-order valence-electron chi connectivity index (χ1n) is 3.68. The summed E-state index contributed by atoms with van der Waals surface area (Å²) >= 11 is 1.79. The van der Waals surface area contributed by atoms with Gasteiger partial charge < -0.3 is 10.8 Å². The van der Waals surface area contributed by atoms with Crippen LogP contribution in [0.5, 0.6) is 0 Å². The van der Waals surface area contributed by atoms with Gasteiger partial charge in [0.2, 0.25) is 0 Å². The standard InChI is InChI=1S/C7H15NOS/c1-10-7(5-2-3-5)6(8)4-9/h5-7,9H,2-4,8H2,1H3. The molecule has 0 bridgehead atoms. The highest BCUT2D eigenvalue weighted by atomic mass is 32.2. The minimum absolute atomic E-state index is 0.0116. The summed E-state index contributed by atoms with van der Waals surface area (Å²) in [6.07, 6.45) is 4.68. The summed E-state index contributed by atoms with van der Waals surface area (Å²) in [5, 5.41) is 9.27. The zero-order valence-corrected chi connectivity index (χ0v) is 7.10. The van der Waals surface area contributed by atoms with Gasteiger partial charge in [0.15, 0.2) is 0 Å². The fraction of sp³-hybridized carbons (Fsp3) is 1.00. The first-order valence-corrected chi connectivity index (χ1v) is 4.97. The van der Waals surface area contributed by atoms with Gasteiger partial charge in [0.25, 0.3) is 0 Å². The Morgan fingerprint density at radius 2 is 2.30 bits per heavy atom. The molecule has 3 heteroatoms. The van der Waals surface area contributed by atoms with Crippen molar-refractivity contribution in [3.05, 3.63) is 0 Å². The normalized spacial score (nSPS) is 24.3. The van der Waals surface area contributed by atoms with Crippen LogP contribution in [0.1, 0.15) is 12.8 Å². The summed E-state index contributed by atoms with van der Waals surface area (Å²) in [6, 6.07) is -0.0116. The van der Waals surface area contributed by atoms with E-state index in [-0.39, 0.29) is 12.6 Å². The average molecular weight is 161 g/mol. The van der Waals surface area contributed by atoms with Crippen molar-refractivity contribution >= 4 is 11.8 Å². The molecule has 0 spiro atoms. The average Bonchev–Trinajstić information content (AvgIpc) is 2.73. The molecule has 10 heavy (non-hydrogen) atoms. The van der Waals surface area contributed by atoms with Crippen LogP contribution in [-0.2, 0) is 0 Å². The van der Waals surface area contributed by atoms with Gasteiger partial charge in [-0.1, -0.05) is 0 Å². The molecule has 0 saturated heterocycles. The van der Waals surface area contributed by atoms with E-state index in [1.54, 1.807) is 11.8 Å². The fourth-order valence-electron chi connectivity index (χ4n) is 1.25. The second-order valence-electron chi connectivity index (χ2n) is 2.88. The van der Waals surface area contributed by atoms with Crippen molar-refractivity contribution in [2.45, 2.75) is 24.1 Å². The van der Waals surface area contributed by atoms with Crippen molar-refractivity contribution in [3.63, 3.8) is 0 Å². The molecule has 0 aliphatic heterocycles. The van der Waals surface area contributed by atoms with E-state index in [0.717, 1.165) is 5.92 Å². The number of thioether (sulfide) groups is 1. The summed E-state index contributed by atoms with van der Waals surface area (Å²) < 4.78 is 0. The van der Waals surface area contributed by atoms with Crippen LogP contribution >= 0.6 is 11.8 Å². The molecule has 1 aliphatic carbocycles. The second-order valence-corrected chi connectivity index (χ2v) is 3.90. The van der Waals surface area contributed by atoms with Crippen molar-refractivity contribution in [2.75, 3.05) is 12.9 Å². The van der Waals surface area contributed by atoms with Gasteiger partial charge >= 0.3 is 0 Å². The molecule has 2 nitrogen and oxygen atoms in total. The third-order valence-electron chi connectivity index (χ3n) is 1.99. The molecule has 60 valence electrons. The van der Waals surface area contributed by atoms with Gasteiger partial charge in [-0.2, -0.15) is 11.8 Å². The summed E-state index contributed by atoms with van der Waals surface area (Å²) in [6.45, 7) is 0.127. The number of hydrogen-bond acceptors (Lipinski definition) is 3. The van der Waals surface area contributed by atoms with E-state index >= 15 is 0 Å². The Morgan fingerprint density at radius 3 is 2.60 bits per heavy atom. The third-order valence-corrected chi connectivity index (χ3v) is 3.27. The molecule has 2 atom stereocenters. The highest BCUT2D eigenvalue weighted by Gasteiger charge is 2.33. The lowest BCUT2D eigenvalue weighted by molar-refractivity contribution is 0.259. The first-order chi connectivity index (χ1) is 4.79. The monoisotopic (exact) mass is 161 g/mol. The Balaban J connectivity index is 2.30. The Labute approximate surface area is 66.2 Å². The van der Waals surface area contributed by atoms with E-state index in [0.29, 0.717) is 5.25 Å².